The molecule has 0 bridgehead atoms. The second-order valence-electron chi connectivity index (χ2n) is 7.39. The number of carbonyl (C=O) groups excluding carboxylic acids is 1. The number of benzene rings is 2. The van der Waals surface area contributed by atoms with Crippen LogP contribution < -0.4 is 10.6 Å². The third kappa shape index (κ3) is 4.49. The van der Waals surface area contributed by atoms with Crippen LogP contribution in [0.25, 0.3) is 16.9 Å². The lowest BCUT2D eigenvalue weighted by Crippen LogP contribution is -2.32. The van der Waals surface area contributed by atoms with E-state index in [0.717, 1.165) is 41.9 Å². The fourth-order valence-electron chi connectivity index (χ4n) is 3.19. The molecule has 5 nitrogen and oxygen atoms in total. The molecule has 0 saturated heterocycles. The van der Waals surface area contributed by atoms with Gasteiger partial charge in [0, 0.05) is 42.9 Å². The van der Waals surface area contributed by atoms with Gasteiger partial charge in [-0.3, -0.25) is 4.79 Å². The lowest BCUT2D eigenvalue weighted by atomic mass is 10.1. The molecule has 1 heterocycles. The maximum Gasteiger partial charge on any atom is 0.223 e. The van der Waals surface area contributed by atoms with Gasteiger partial charge < -0.3 is 10.6 Å². The molecule has 3 aromatic rings. The molecule has 1 amide bonds. The Hall–Kier alpha value is -2.92. The van der Waals surface area contributed by atoms with Gasteiger partial charge in [0.05, 0.1) is 11.4 Å². The molecule has 1 saturated carbocycles. The van der Waals surface area contributed by atoms with Crippen LogP contribution in [-0.4, -0.2) is 28.8 Å². The quantitative estimate of drug-likeness (QED) is 0.594. The number of para-hydroxylation sites is 1. The van der Waals surface area contributed by atoms with Gasteiger partial charge in [-0.15, -0.1) is 0 Å². The van der Waals surface area contributed by atoms with E-state index in [2.05, 4.69) is 60.2 Å². The minimum absolute atomic E-state index is 0.194. The Morgan fingerprint density at radius 1 is 1.07 bits per heavy atom. The molecule has 0 aliphatic heterocycles. The van der Waals surface area contributed by atoms with Crippen molar-refractivity contribution in [2.24, 2.45) is 5.92 Å². The van der Waals surface area contributed by atoms with Gasteiger partial charge in [0.1, 0.15) is 0 Å². The zero-order chi connectivity index (χ0) is 19.3. The van der Waals surface area contributed by atoms with Crippen molar-refractivity contribution in [3.8, 4) is 16.9 Å². The summed E-state index contributed by atoms with van der Waals surface area (Å²) in [5, 5.41) is 11.3. The van der Waals surface area contributed by atoms with Crippen molar-refractivity contribution in [3.63, 3.8) is 0 Å². The lowest BCUT2D eigenvalue weighted by molar-refractivity contribution is -0.122. The second kappa shape index (κ2) is 8.40. The van der Waals surface area contributed by atoms with Crippen LogP contribution in [0.5, 0.6) is 0 Å². The summed E-state index contributed by atoms with van der Waals surface area (Å²) in [5.41, 5.74) is 5.51. The molecule has 1 aliphatic carbocycles. The smallest absolute Gasteiger partial charge is 0.223 e. The third-order valence-corrected chi connectivity index (χ3v) is 5.00. The summed E-state index contributed by atoms with van der Waals surface area (Å²) >= 11 is 0. The molecule has 1 fully saturated rings. The van der Waals surface area contributed by atoms with E-state index < -0.39 is 0 Å². The standard InChI is InChI=1S/C23H26N4O/c1-17-7-9-18(10-8-17)22-20(15-24-13-14-25-23(28)19-11-12-19)16-27(26-22)21-5-3-2-4-6-21/h2-10,16,19,24H,11-15H2,1H3,(H,25,28). The molecule has 0 spiro atoms. The zero-order valence-electron chi connectivity index (χ0n) is 16.2. The highest BCUT2D eigenvalue weighted by molar-refractivity contribution is 5.80. The summed E-state index contributed by atoms with van der Waals surface area (Å²) < 4.78 is 1.93. The van der Waals surface area contributed by atoms with E-state index in [4.69, 9.17) is 5.10 Å². The number of nitrogens with zero attached hydrogens (tertiary/aromatic N) is 2. The molecular formula is C23H26N4O. The van der Waals surface area contributed by atoms with Crippen LogP contribution in [0.2, 0.25) is 0 Å². The first kappa shape index (κ1) is 18.4. The first-order valence-corrected chi connectivity index (χ1v) is 9.90. The highest BCUT2D eigenvalue weighted by atomic mass is 16.2. The highest BCUT2D eigenvalue weighted by Crippen LogP contribution is 2.28. The molecular weight excluding hydrogens is 348 g/mol. The summed E-state index contributed by atoms with van der Waals surface area (Å²) in [6.07, 6.45) is 4.16. The van der Waals surface area contributed by atoms with Crippen LogP contribution in [0.1, 0.15) is 24.0 Å². The van der Waals surface area contributed by atoms with Crippen LogP contribution in [0.3, 0.4) is 0 Å². The predicted octanol–water partition coefficient (Wildman–Crippen LogP) is 3.46. The zero-order valence-corrected chi connectivity index (χ0v) is 16.2. The van der Waals surface area contributed by atoms with Crippen LogP contribution in [0.15, 0.2) is 60.8 Å². The highest BCUT2D eigenvalue weighted by Gasteiger charge is 2.28. The number of rotatable bonds is 8. The van der Waals surface area contributed by atoms with E-state index in [9.17, 15) is 4.79 Å². The van der Waals surface area contributed by atoms with Gasteiger partial charge >= 0.3 is 0 Å². The van der Waals surface area contributed by atoms with E-state index in [0.29, 0.717) is 13.1 Å². The summed E-state index contributed by atoms with van der Waals surface area (Å²) in [5.74, 6) is 0.455. The van der Waals surface area contributed by atoms with Gasteiger partial charge in [-0.2, -0.15) is 5.10 Å². The summed E-state index contributed by atoms with van der Waals surface area (Å²) in [6.45, 7) is 4.18. The topological polar surface area (TPSA) is 59.0 Å². The second-order valence-corrected chi connectivity index (χ2v) is 7.39. The van der Waals surface area contributed by atoms with Crippen molar-refractivity contribution in [1.82, 2.24) is 20.4 Å². The minimum Gasteiger partial charge on any atom is -0.355 e. The van der Waals surface area contributed by atoms with Crippen molar-refractivity contribution >= 4 is 5.91 Å². The monoisotopic (exact) mass is 374 g/mol. The number of hydrogen-bond acceptors (Lipinski definition) is 3. The Morgan fingerprint density at radius 2 is 1.82 bits per heavy atom. The normalized spacial score (nSPS) is 13.5. The first-order valence-electron chi connectivity index (χ1n) is 9.90. The molecule has 5 heteroatoms. The largest absolute Gasteiger partial charge is 0.355 e. The number of carbonyl (C=O) groups is 1. The molecule has 144 valence electrons. The average Bonchev–Trinajstić information content (AvgIpc) is 3.49. The Kier molecular flexibility index (Phi) is 5.53. The minimum atomic E-state index is 0.194. The van der Waals surface area contributed by atoms with Crippen molar-refractivity contribution in [2.75, 3.05) is 13.1 Å². The number of hydrogen-bond donors (Lipinski definition) is 2. The maximum absolute atomic E-state index is 11.7. The van der Waals surface area contributed by atoms with Crippen LogP contribution in [-0.2, 0) is 11.3 Å². The van der Waals surface area contributed by atoms with Gasteiger partial charge in [-0.05, 0) is 31.9 Å². The average molecular weight is 374 g/mol. The number of nitrogens with one attached hydrogen (secondary N) is 2. The van der Waals surface area contributed by atoms with Gasteiger partial charge in [-0.1, -0.05) is 48.0 Å². The SMILES string of the molecule is Cc1ccc(-c2nn(-c3ccccc3)cc2CNCCNC(=O)C2CC2)cc1. The number of amides is 1. The molecule has 0 radical (unpaired) electrons. The van der Waals surface area contributed by atoms with Crippen molar-refractivity contribution < 1.29 is 4.79 Å². The van der Waals surface area contributed by atoms with E-state index in [1.165, 1.54) is 5.56 Å². The lowest BCUT2D eigenvalue weighted by Gasteiger charge is -2.07. The van der Waals surface area contributed by atoms with Crippen LogP contribution in [0.4, 0.5) is 0 Å². The van der Waals surface area contributed by atoms with Crippen molar-refractivity contribution in [2.45, 2.75) is 26.3 Å². The first-order chi connectivity index (χ1) is 13.7. The molecule has 0 unspecified atom stereocenters. The Morgan fingerprint density at radius 3 is 2.54 bits per heavy atom. The van der Waals surface area contributed by atoms with Gasteiger partial charge in [0.2, 0.25) is 5.91 Å². The van der Waals surface area contributed by atoms with Crippen molar-refractivity contribution in [3.05, 3.63) is 71.9 Å². The Labute approximate surface area is 165 Å². The molecule has 2 N–H and O–H groups in total. The molecule has 1 aliphatic rings. The van der Waals surface area contributed by atoms with Crippen LogP contribution in [0, 0.1) is 12.8 Å². The van der Waals surface area contributed by atoms with E-state index >= 15 is 0 Å². The molecule has 4 rings (SSSR count). The van der Waals surface area contributed by atoms with Gasteiger partial charge in [0.25, 0.3) is 0 Å². The molecule has 28 heavy (non-hydrogen) atoms. The van der Waals surface area contributed by atoms with Gasteiger partial charge in [0.15, 0.2) is 0 Å². The predicted molar refractivity (Wildman–Crippen MR) is 111 cm³/mol. The van der Waals surface area contributed by atoms with Crippen LogP contribution >= 0.6 is 0 Å². The third-order valence-electron chi connectivity index (χ3n) is 5.00. The molecule has 1 aromatic heterocycles. The van der Waals surface area contributed by atoms with E-state index in [-0.39, 0.29) is 11.8 Å². The van der Waals surface area contributed by atoms with E-state index in [1.807, 2.05) is 22.9 Å². The molecule has 0 atom stereocenters. The van der Waals surface area contributed by atoms with E-state index in [1.54, 1.807) is 0 Å². The fraction of sp³-hybridized carbons (Fsp3) is 0.304. The van der Waals surface area contributed by atoms with Gasteiger partial charge in [-0.25, -0.2) is 4.68 Å². The summed E-state index contributed by atoms with van der Waals surface area (Å²) in [4.78, 5) is 11.7. The summed E-state index contributed by atoms with van der Waals surface area (Å²) in [6, 6.07) is 18.6. The maximum atomic E-state index is 11.7. The van der Waals surface area contributed by atoms with Crippen molar-refractivity contribution in [1.29, 1.82) is 0 Å². The number of aromatic nitrogens is 2. The number of aryl methyl sites for hydroxylation is 1. The molecule has 2 aromatic carbocycles. The summed E-state index contributed by atoms with van der Waals surface area (Å²) in [7, 11) is 0. The Balaban J connectivity index is 1.46. The fourth-order valence-corrected chi connectivity index (χ4v) is 3.19. The Bertz CT molecular complexity index is 927.